The molecular formula is C18H12Cl2N2O3. The Bertz CT molecular complexity index is 1090. The Hall–Kier alpha value is -2.63. The minimum atomic E-state index is -1.10. The van der Waals surface area contributed by atoms with Gasteiger partial charge in [0.2, 0.25) is 0 Å². The molecule has 1 N–H and O–H groups in total. The molecule has 0 aliphatic carbocycles. The van der Waals surface area contributed by atoms with E-state index in [4.69, 9.17) is 28.3 Å². The number of aromatic nitrogens is 2. The van der Waals surface area contributed by atoms with Crippen molar-refractivity contribution in [2.75, 3.05) is 0 Å². The van der Waals surface area contributed by atoms with E-state index in [9.17, 15) is 9.59 Å². The second-order valence-electron chi connectivity index (χ2n) is 5.39. The fourth-order valence-electron chi connectivity index (χ4n) is 2.32. The van der Waals surface area contributed by atoms with Crippen LogP contribution in [-0.2, 0) is 0 Å². The van der Waals surface area contributed by atoms with E-state index in [-0.39, 0.29) is 11.1 Å². The molecule has 25 heavy (non-hydrogen) atoms. The second-order valence-corrected chi connectivity index (χ2v) is 6.20. The normalized spacial score (nSPS) is 11.3. The van der Waals surface area contributed by atoms with Crippen molar-refractivity contribution in [3.63, 3.8) is 0 Å². The topological polar surface area (TPSA) is 71.7 Å². The van der Waals surface area contributed by atoms with Gasteiger partial charge in [-0.05, 0) is 42.8 Å². The molecule has 3 aromatic rings. The zero-order chi connectivity index (χ0) is 18.1. The molecule has 5 nitrogen and oxygen atoms in total. The van der Waals surface area contributed by atoms with E-state index in [2.05, 4.69) is 4.98 Å². The average Bonchev–Trinajstić information content (AvgIpc) is 2.59. The lowest BCUT2D eigenvalue weighted by molar-refractivity contribution is 0.0696. The summed E-state index contributed by atoms with van der Waals surface area (Å²) in [5.74, 6) is -1.10. The van der Waals surface area contributed by atoms with Crippen LogP contribution in [0, 0.1) is 6.92 Å². The van der Waals surface area contributed by atoms with Crippen LogP contribution < -0.4 is 5.56 Å². The van der Waals surface area contributed by atoms with Gasteiger partial charge >= 0.3 is 5.97 Å². The standard InChI is InChI=1S/C18H12Cl2N2O3/c1-10-15(6-3-11-2-5-13(19)14(20)8-11)21-16-7-4-12(18(24)25)9-22(16)17(10)23/h2-9H,1H3,(H,24,25)/b6-3+. The highest BCUT2D eigenvalue weighted by Gasteiger charge is 2.10. The van der Waals surface area contributed by atoms with Crippen molar-refractivity contribution in [2.45, 2.75) is 6.92 Å². The maximum atomic E-state index is 12.5. The third-order valence-corrected chi connectivity index (χ3v) is 4.45. The maximum Gasteiger partial charge on any atom is 0.337 e. The van der Waals surface area contributed by atoms with Gasteiger partial charge < -0.3 is 5.11 Å². The first-order chi connectivity index (χ1) is 11.9. The van der Waals surface area contributed by atoms with Gasteiger partial charge in [-0.15, -0.1) is 0 Å². The number of hydrogen-bond acceptors (Lipinski definition) is 3. The molecule has 0 amide bonds. The summed E-state index contributed by atoms with van der Waals surface area (Å²) >= 11 is 11.9. The van der Waals surface area contributed by atoms with Gasteiger partial charge in [0.1, 0.15) is 5.65 Å². The lowest BCUT2D eigenvalue weighted by atomic mass is 10.1. The van der Waals surface area contributed by atoms with Crippen molar-refractivity contribution in [2.24, 2.45) is 0 Å². The van der Waals surface area contributed by atoms with Crippen molar-refractivity contribution in [1.82, 2.24) is 9.38 Å². The number of carbonyl (C=O) groups is 1. The third-order valence-electron chi connectivity index (χ3n) is 3.71. The second kappa shape index (κ2) is 6.70. The smallest absolute Gasteiger partial charge is 0.337 e. The van der Waals surface area contributed by atoms with Crippen molar-refractivity contribution in [1.29, 1.82) is 0 Å². The summed E-state index contributed by atoms with van der Waals surface area (Å²) < 4.78 is 1.23. The van der Waals surface area contributed by atoms with Gasteiger partial charge in [0, 0.05) is 11.8 Å². The molecule has 2 aromatic heterocycles. The highest BCUT2D eigenvalue weighted by atomic mass is 35.5. The summed E-state index contributed by atoms with van der Waals surface area (Å²) in [7, 11) is 0. The van der Waals surface area contributed by atoms with Crippen molar-refractivity contribution in [3.05, 3.63) is 79.3 Å². The van der Waals surface area contributed by atoms with Gasteiger partial charge in [-0.1, -0.05) is 35.3 Å². The Kier molecular flexibility index (Phi) is 4.61. The van der Waals surface area contributed by atoms with E-state index in [0.717, 1.165) is 5.56 Å². The molecule has 0 aliphatic heterocycles. The molecule has 0 bridgehead atoms. The summed E-state index contributed by atoms with van der Waals surface area (Å²) in [6.07, 6.45) is 4.76. The van der Waals surface area contributed by atoms with E-state index >= 15 is 0 Å². The molecule has 0 atom stereocenters. The number of benzene rings is 1. The average molecular weight is 375 g/mol. The molecule has 2 heterocycles. The minimum Gasteiger partial charge on any atom is -0.478 e. The quantitative estimate of drug-likeness (QED) is 0.746. The van der Waals surface area contributed by atoms with E-state index < -0.39 is 5.97 Å². The predicted octanol–water partition coefficient (Wildman–Crippen LogP) is 4.18. The summed E-state index contributed by atoms with van der Waals surface area (Å²) in [5.41, 5.74) is 1.80. The van der Waals surface area contributed by atoms with Crippen LogP contribution in [0.3, 0.4) is 0 Å². The lowest BCUT2D eigenvalue weighted by Gasteiger charge is -2.06. The van der Waals surface area contributed by atoms with Crippen molar-refractivity contribution < 1.29 is 9.90 Å². The maximum absolute atomic E-state index is 12.5. The molecule has 0 fully saturated rings. The van der Waals surface area contributed by atoms with Crippen LogP contribution in [0.15, 0.2) is 41.3 Å². The molecule has 0 saturated carbocycles. The largest absolute Gasteiger partial charge is 0.478 e. The van der Waals surface area contributed by atoms with Gasteiger partial charge in [-0.2, -0.15) is 0 Å². The monoisotopic (exact) mass is 374 g/mol. The van der Waals surface area contributed by atoms with Crippen LogP contribution in [0.1, 0.15) is 27.2 Å². The Morgan fingerprint density at radius 2 is 1.92 bits per heavy atom. The molecule has 1 aromatic carbocycles. The minimum absolute atomic E-state index is 0.0231. The summed E-state index contributed by atoms with van der Waals surface area (Å²) in [5, 5.41) is 9.95. The molecule has 0 aliphatic rings. The zero-order valence-corrected chi connectivity index (χ0v) is 14.5. The SMILES string of the molecule is Cc1c(/C=C/c2ccc(Cl)c(Cl)c2)nc2ccc(C(=O)O)cn2c1=O. The Morgan fingerprint density at radius 1 is 1.16 bits per heavy atom. The molecule has 0 saturated heterocycles. The molecular weight excluding hydrogens is 363 g/mol. The third kappa shape index (κ3) is 3.43. The number of carboxylic acid groups (broad SMARTS) is 1. The summed E-state index contributed by atoms with van der Waals surface area (Å²) in [6, 6.07) is 8.11. The molecule has 0 spiro atoms. The van der Waals surface area contributed by atoms with Crippen LogP contribution in [-0.4, -0.2) is 20.5 Å². The number of hydrogen-bond donors (Lipinski definition) is 1. The Labute approximate surface area is 152 Å². The first-order valence-corrected chi connectivity index (χ1v) is 8.02. The molecule has 0 unspecified atom stereocenters. The van der Waals surface area contributed by atoms with E-state index in [1.54, 1.807) is 37.3 Å². The Morgan fingerprint density at radius 3 is 2.60 bits per heavy atom. The number of halogens is 2. The van der Waals surface area contributed by atoms with Gasteiger partial charge in [-0.3, -0.25) is 9.20 Å². The van der Waals surface area contributed by atoms with E-state index in [1.165, 1.54) is 22.7 Å². The fourth-order valence-corrected chi connectivity index (χ4v) is 2.63. The van der Waals surface area contributed by atoms with Gasteiger partial charge in [-0.25, -0.2) is 9.78 Å². The molecule has 7 heteroatoms. The van der Waals surface area contributed by atoms with Crippen LogP contribution in [0.2, 0.25) is 10.0 Å². The highest BCUT2D eigenvalue weighted by Crippen LogP contribution is 2.23. The number of aromatic carboxylic acids is 1. The number of fused-ring (bicyclic) bond motifs is 1. The van der Waals surface area contributed by atoms with Gasteiger partial charge in [0.15, 0.2) is 0 Å². The van der Waals surface area contributed by atoms with E-state index in [0.29, 0.717) is 26.9 Å². The summed E-state index contributed by atoms with van der Waals surface area (Å²) in [6.45, 7) is 1.64. The van der Waals surface area contributed by atoms with Crippen LogP contribution in [0.5, 0.6) is 0 Å². The van der Waals surface area contributed by atoms with Gasteiger partial charge in [0.25, 0.3) is 5.56 Å². The molecule has 3 rings (SSSR count). The zero-order valence-electron chi connectivity index (χ0n) is 13.0. The highest BCUT2D eigenvalue weighted by molar-refractivity contribution is 6.42. The summed E-state index contributed by atoms with van der Waals surface area (Å²) in [4.78, 5) is 28.0. The lowest BCUT2D eigenvalue weighted by Crippen LogP contribution is -2.20. The number of pyridine rings is 1. The first kappa shape index (κ1) is 17.2. The predicted molar refractivity (Wildman–Crippen MR) is 98.5 cm³/mol. The number of rotatable bonds is 3. The number of nitrogens with zero attached hydrogens (tertiary/aromatic N) is 2. The van der Waals surface area contributed by atoms with Gasteiger partial charge in [0.05, 0.1) is 21.3 Å². The van der Waals surface area contributed by atoms with E-state index in [1.807, 2.05) is 0 Å². The fraction of sp³-hybridized carbons (Fsp3) is 0.0556. The first-order valence-electron chi connectivity index (χ1n) is 7.26. The van der Waals surface area contributed by atoms with Crippen molar-refractivity contribution >= 4 is 47.0 Å². The van der Waals surface area contributed by atoms with Crippen LogP contribution >= 0.6 is 23.2 Å². The number of carboxylic acids is 1. The van der Waals surface area contributed by atoms with Crippen LogP contribution in [0.4, 0.5) is 0 Å². The Balaban J connectivity index is 2.07. The molecule has 126 valence electrons. The molecule has 0 radical (unpaired) electrons. The van der Waals surface area contributed by atoms with Crippen LogP contribution in [0.25, 0.3) is 17.8 Å². The van der Waals surface area contributed by atoms with Crippen molar-refractivity contribution in [3.8, 4) is 0 Å².